The highest BCUT2D eigenvalue weighted by molar-refractivity contribution is 7.89. The van der Waals surface area contributed by atoms with E-state index < -0.39 is 10.0 Å². The zero-order valence-corrected chi connectivity index (χ0v) is 15.3. The predicted molar refractivity (Wildman–Crippen MR) is 91.5 cm³/mol. The average molecular weight is 370 g/mol. The largest absolute Gasteiger partial charge is 0.361 e. The lowest BCUT2D eigenvalue weighted by Gasteiger charge is -2.33. The summed E-state index contributed by atoms with van der Waals surface area (Å²) in [5.41, 5.74) is 1.97. The molecule has 0 spiro atoms. The molecule has 0 unspecified atom stereocenters. The van der Waals surface area contributed by atoms with Crippen molar-refractivity contribution >= 4 is 21.6 Å². The lowest BCUT2D eigenvalue weighted by Crippen LogP contribution is -2.48. The van der Waals surface area contributed by atoms with Gasteiger partial charge in [-0.25, -0.2) is 8.42 Å². The van der Waals surface area contributed by atoms with Crippen LogP contribution in [0.3, 0.4) is 0 Å². The highest BCUT2D eigenvalue weighted by atomic mass is 35.5. The van der Waals surface area contributed by atoms with Crippen molar-refractivity contribution < 1.29 is 12.9 Å². The second kappa shape index (κ2) is 6.84. The molecule has 1 fully saturated rings. The minimum Gasteiger partial charge on any atom is -0.361 e. The Morgan fingerprint density at radius 2 is 1.92 bits per heavy atom. The lowest BCUT2D eigenvalue weighted by atomic mass is 10.2. The number of hydrogen-bond donors (Lipinski definition) is 0. The first-order valence-electron chi connectivity index (χ1n) is 7.78. The van der Waals surface area contributed by atoms with Gasteiger partial charge in [-0.1, -0.05) is 22.8 Å². The molecule has 1 aromatic carbocycles. The molecule has 0 amide bonds. The topological polar surface area (TPSA) is 66.7 Å². The molecule has 130 valence electrons. The normalized spacial score (nSPS) is 17.3. The fraction of sp³-hybridized carbons (Fsp3) is 0.438. The molecule has 1 aliphatic rings. The second-order valence-corrected chi connectivity index (χ2v) is 8.31. The third-order valence-electron chi connectivity index (χ3n) is 4.33. The minimum absolute atomic E-state index is 0.245. The van der Waals surface area contributed by atoms with Crippen molar-refractivity contribution in [1.29, 1.82) is 0 Å². The third kappa shape index (κ3) is 3.49. The van der Waals surface area contributed by atoms with E-state index >= 15 is 0 Å². The van der Waals surface area contributed by atoms with Gasteiger partial charge in [0.25, 0.3) is 0 Å². The van der Waals surface area contributed by atoms with Crippen LogP contribution in [0.1, 0.15) is 17.0 Å². The number of rotatable bonds is 4. The van der Waals surface area contributed by atoms with E-state index in [1.165, 1.54) is 10.4 Å². The second-order valence-electron chi connectivity index (χ2n) is 5.94. The Kier molecular flexibility index (Phi) is 4.96. The number of aromatic nitrogens is 1. The summed E-state index contributed by atoms with van der Waals surface area (Å²) in [7, 11) is -3.49. The summed E-state index contributed by atoms with van der Waals surface area (Å²) in [4.78, 5) is 2.46. The summed E-state index contributed by atoms with van der Waals surface area (Å²) in [5, 5.41) is 4.39. The van der Waals surface area contributed by atoms with Crippen molar-refractivity contribution in [2.75, 3.05) is 26.2 Å². The van der Waals surface area contributed by atoms with E-state index in [1.807, 2.05) is 13.8 Å². The van der Waals surface area contributed by atoms with E-state index in [9.17, 15) is 8.42 Å². The highest BCUT2D eigenvalue weighted by Gasteiger charge is 2.29. The van der Waals surface area contributed by atoms with Crippen LogP contribution in [0.15, 0.2) is 33.7 Å². The van der Waals surface area contributed by atoms with Crippen LogP contribution in [-0.2, 0) is 16.6 Å². The molecule has 2 heterocycles. The van der Waals surface area contributed by atoms with Crippen molar-refractivity contribution in [3.63, 3.8) is 0 Å². The van der Waals surface area contributed by atoms with Crippen LogP contribution < -0.4 is 0 Å². The van der Waals surface area contributed by atoms with Gasteiger partial charge in [-0.15, -0.1) is 0 Å². The maximum Gasteiger partial charge on any atom is 0.243 e. The first-order chi connectivity index (χ1) is 11.4. The van der Waals surface area contributed by atoms with Gasteiger partial charge in [-0.3, -0.25) is 4.90 Å². The maximum atomic E-state index is 12.7. The molecule has 0 saturated carbocycles. The van der Waals surface area contributed by atoms with Gasteiger partial charge in [0.1, 0.15) is 5.76 Å². The van der Waals surface area contributed by atoms with Gasteiger partial charge < -0.3 is 4.52 Å². The van der Waals surface area contributed by atoms with Gasteiger partial charge in [-0.05, 0) is 32.0 Å². The zero-order valence-electron chi connectivity index (χ0n) is 13.7. The first-order valence-corrected chi connectivity index (χ1v) is 9.59. The molecule has 8 heteroatoms. The minimum atomic E-state index is -3.49. The first kappa shape index (κ1) is 17.4. The van der Waals surface area contributed by atoms with Crippen LogP contribution in [0, 0.1) is 13.8 Å². The van der Waals surface area contributed by atoms with Crippen molar-refractivity contribution in [1.82, 2.24) is 14.4 Å². The molecule has 0 N–H and O–H groups in total. The lowest BCUT2D eigenvalue weighted by molar-refractivity contribution is 0.180. The van der Waals surface area contributed by atoms with Gasteiger partial charge >= 0.3 is 0 Å². The van der Waals surface area contributed by atoms with E-state index in [1.54, 1.807) is 18.2 Å². The van der Waals surface area contributed by atoms with Gasteiger partial charge in [-0.2, -0.15) is 4.31 Å². The molecule has 3 rings (SSSR count). The molecular formula is C16H20ClN3O3S. The maximum absolute atomic E-state index is 12.7. The molecule has 1 saturated heterocycles. The molecule has 1 aromatic heterocycles. The van der Waals surface area contributed by atoms with Crippen molar-refractivity contribution in [3.8, 4) is 0 Å². The zero-order chi connectivity index (χ0) is 17.3. The van der Waals surface area contributed by atoms with Gasteiger partial charge in [0, 0.05) is 43.3 Å². The summed E-state index contributed by atoms with van der Waals surface area (Å²) in [6, 6.07) is 6.40. The molecule has 0 atom stereocenters. The number of aryl methyl sites for hydroxylation is 2. The quantitative estimate of drug-likeness (QED) is 0.828. The van der Waals surface area contributed by atoms with Gasteiger partial charge in [0.15, 0.2) is 0 Å². The number of halogens is 1. The van der Waals surface area contributed by atoms with Crippen molar-refractivity contribution in [3.05, 3.63) is 46.3 Å². The monoisotopic (exact) mass is 369 g/mol. The number of nitrogens with zero attached hydrogens (tertiary/aromatic N) is 3. The van der Waals surface area contributed by atoms with Crippen LogP contribution in [0.4, 0.5) is 0 Å². The van der Waals surface area contributed by atoms with E-state index in [0.29, 0.717) is 31.2 Å². The molecule has 0 aliphatic carbocycles. The number of benzene rings is 1. The van der Waals surface area contributed by atoms with E-state index in [2.05, 4.69) is 10.1 Å². The summed E-state index contributed by atoms with van der Waals surface area (Å²) in [6.07, 6.45) is 0. The highest BCUT2D eigenvalue weighted by Crippen LogP contribution is 2.22. The van der Waals surface area contributed by atoms with Crippen LogP contribution >= 0.6 is 11.6 Å². The Morgan fingerprint density at radius 3 is 2.50 bits per heavy atom. The molecular weight excluding hydrogens is 350 g/mol. The Morgan fingerprint density at radius 1 is 1.21 bits per heavy atom. The van der Waals surface area contributed by atoms with Gasteiger partial charge in [0.05, 0.1) is 10.6 Å². The summed E-state index contributed by atoms with van der Waals surface area (Å²) >= 11 is 5.92. The molecule has 24 heavy (non-hydrogen) atoms. The average Bonchev–Trinajstić information content (AvgIpc) is 2.87. The molecule has 1 aliphatic heterocycles. The Balaban J connectivity index is 1.66. The summed E-state index contributed by atoms with van der Waals surface area (Å²) < 4.78 is 32.1. The number of sulfonamides is 1. The fourth-order valence-corrected chi connectivity index (χ4v) is 4.58. The molecule has 0 radical (unpaired) electrons. The number of hydrogen-bond acceptors (Lipinski definition) is 5. The van der Waals surface area contributed by atoms with Crippen molar-refractivity contribution in [2.24, 2.45) is 0 Å². The standard InChI is InChI=1S/C16H20ClN3O3S/c1-12-16(13(2)23-18-12)11-19-6-8-20(9-7-19)24(21,22)15-5-3-4-14(17)10-15/h3-5,10H,6-9,11H2,1-2H3. The van der Waals surface area contributed by atoms with E-state index in [4.69, 9.17) is 16.1 Å². The van der Waals surface area contributed by atoms with E-state index in [0.717, 1.165) is 23.6 Å². The molecule has 2 aromatic rings. The summed E-state index contributed by atoms with van der Waals surface area (Å²) in [6.45, 7) is 6.80. The van der Waals surface area contributed by atoms with Crippen LogP contribution in [0.2, 0.25) is 5.02 Å². The summed E-state index contributed by atoms with van der Waals surface area (Å²) in [5.74, 6) is 0.821. The van der Waals surface area contributed by atoms with Crippen LogP contribution in [-0.4, -0.2) is 49.0 Å². The van der Waals surface area contributed by atoms with Crippen LogP contribution in [0.25, 0.3) is 0 Å². The third-order valence-corrected chi connectivity index (χ3v) is 6.46. The van der Waals surface area contributed by atoms with Crippen molar-refractivity contribution in [2.45, 2.75) is 25.3 Å². The van der Waals surface area contributed by atoms with E-state index in [-0.39, 0.29) is 4.90 Å². The predicted octanol–water partition coefficient (Wildman–Crippen LogP) is 2.45. The number of piperazine rings is 1. The Labute approximate surface area is 147 Å². The Bertz CT molecular complexity index is 807. The molecule has 6 nitrogen and oxygen atoms in total. The smallest absolute Gasteiger partial charge is 0.243 e. The SMILES string of the molecule is Cc1noc(C)c1CN1CCN(S(=O)(=O)c2cccc(Cl)c2)CC1. The molecule has 0 bridgehead atoms. The van der Waals surface area contributed by atoms with Crippen LogP contribution in [0.5, 0.6) is 0 Å². The van der Waals surface area contributed by atoms with Gasteiger partial charge in [0.2, 0.25) is 10.0 Å². The fourth-order valence-electron chi connectivity index (χ4n) is 2.86. The Hall–Kier alpha value is -1.41.